The molecule has 66 valence electrons. The van der Waals surface area contributed by atoms with E-state index in [1.165, 1.54) is 0 Å². The summed E-state index contributed by atoms with van der Waals surface area (Å²) < 4.78 is 0. The number of hydrogen-bond donors (Lipinski definition) is 2. The highest BCUT2D eigenvalue weighted by molar-refractivity contribution is 5.74. The van der Waals surface area contributed by atoms with Crippen molar-refractivity contribution >= 4 is 5.91 Å². The summed E-state index contributed by atoms with van der Waals surface area (Å²) >= 11 is 0. The van der Waals surface area contributed by atoms with Gasteiger partial charge in [-0.2, -0.15) is 0 Å². The minimum absolute atomic E-state index is 0.0532. The van der Waals surface area contributed by atoms with Gasteiger partial charge in [0.15, 0.2) is 0 Å². The Kier molecular flexibility index (Phi) is 4.86. The van der Waals surface area contributed by atoms with Gasteiger partial charge in [0, 0.05) is 12.5 Å². The molecule has 0 spiro atoms. The average Bonchev–Trinajstić information content (AvgIpc) is 1.88. The molecule has 0 aromatic heterocycles. The number of nitrogens with two attached hydrogens (primary N) is 2. The highest BCUT2D eigenvalue weighted by atomic mass is 16.1. The lowest BCUT2D eigenvalue weighted by molar-refractivity contribution is -0.118. The monoisotopic (exact) mass is 158 g/mol. The van der Waals surface area contributed by atoms with Crippen LogP contribution in [0.2, 0.25) is 0 Å². The molecule has 0 rings (SSSR count). The van der Waals surface area contributed by atoms with Crippen LogP contribution in [0.4, 0.5) is 0 Å². The maximum Gasteiger partial charge on any atom is 0.218 e. The van der Waals surface area contributed by atoms with E-state index in [2.05, 4.69) is 13.8 Å². The van der Waals surface area contributed by atoms with Gasteiger partial charge in [-0.3, -0.25) is 4.79 Å². The summed E-state index contributed by atoms with van der Waals surface area (Å²) in [7, 11) is 0. The van der Waals surface area contributed by atoms with Gasteiger partial charge in [-0.15, -0.1) is 0 Å². The van der Waals surface area contributed by atoms with Crippen molar-refractivity contribution in [1.29, 1.82) is 0 Å². The van der Waals surface area contributed by atoms with E-state index in [4.69, 9.17) is 11.5 Å². The Bertz CT molecular complexity index is 121. The first-order valence-corrected chi connectivity index (χ1v) is 4.15. The molecule has 0 aromatic rings. The first-order chi connectivity index (χ1) is 5.11. The Morgan fingerprint density at radius 2 is 1.82 bits per heavy atom. The van der Waals surface area contributed by atoms with Crippen molar-refractivity contribution < 1.29 is 4.79 Å². The van der Waals surface area contributed by atoms with Crippen LogP contribution >= 0.6 is 0 Å². The average molecular weight is 158 g/mol. The van der Waals surface area contributed by atoms with Crippen LogP contribution in [0.1, 0.15) is 33.1 Å². The number of rotatable bonds is 5. The molecule has 3 heteroatoms. The maximum absolute atomic E-state index is 10.5. The number of carbonyl (C=O) groups excluding carboxylic acids is 1. The van der Waals surface area contributed by atoms with Crippen molar-refractivity contribution in [3.63, 3.8) is 0 Å². The van der Waals surface area contributed by atoms with E-state index < -0.39 is 0 Å². The lowest BCUT2D eigenvalue weighted by Crippen LogP contribution is -2.34. The molecule has 0 saturated carbocycles. The molecule has 0 heterocycles. The van der Waals surface area contributed by atoms with Gasteiger partial charge in [0.2, 0.25) is 5.91 Å². The number of primary amides is 1. The topological polar surface area (TPSA) is 69.1 Å². The van der Waals surface area contributed by atoms with Crippen molar-refractivity contribution in [3.05, 3.63) is 0 Å². The molecule has 4 N–H and O–H groups in total. The third kappa shape index (κ3) is 3.98. The molecule has 0 radical (unpaired) electrons. The summed E-state index contributed by atoms with van der Waals surface area (Å²) in [6.45, 7) is 4.16. The zero-order valence-corrected chi connectivity index (χ0v) is 7.34. The normalized spacial score (nSPS) is 13.5. The Morgan fingerprint density at radius 3 is 2.09 bits per heavy atom. The number of carbonyl (C=O) groups is 1. The minimum atomic E-state index is -0.301. The maximum atomic E-state index is 10.5. The van der Waals surface area contributed by atoms with Crippen LogP contribution in [-0.2, 0) is 4.79 Å². The van der Waals surface area contributed by atoms with Gasteiger partial charge in [0.25, 0.3) is 0 Å². The molecular weight excluding hydrogens is 140 g/mol. The first kappa shape index (κ1) is 10.4. The van der Waals surface area contributed by atoms with E-state index >= 15 is 0 Å². The molecule has 1 atom stereocenters. The van der Waals surface area contributed by atoms with Gasteiger partial charge in [-0.05, 0) is 5.92 Å². The Morgan fingerprint density at radius 1 is 1.36 bits per heavy atom. The summed E-state index contributed by atoms with van der Waals surface area (Å²) in [6.07, 6.45) is 2.35. The third-order valence-corrected chi connectivity index (χ3v) is 2.09. The fourth-order valence-corrected chi connectivity index (χ4v) is 1.29. The van der Waals surface area contributed by atoms with Crippen LogP contribution in [0.5, 0.6) is 0 Å². The van der Waals surface area contributed by atoms with Crippen molar-refractivity contribution in [2.24, 2.45) is 17.4 Å². The van der Waals surface area contributed by atoms with Crippen LogP contribution in [0.15, 0.2) is 0 Å². The van der Waals surface area contributed by atoms with Crippen LogP contribution in [0, 0.1) is 5.92 Å². The summed E-state index contributed by atoms with van der Waals surface area (Å²) in [4.78, 5) is 10.5. The van der Waals surface area contributed by atoms with Crippen LogP contribution < -0.4 is 11.5 Å². The van der Waals surface area contributed by atoms with Gasteiger partial charge in [-0.1, -0.05) is 26.7 Å². The standard InChI is InChI=1S/C8H18N2O/c1-3-6(4-2)7(9)5-8(10)11/h6-7H,3-5,9H2,1-2H3,(H2,10,11)/t7-/m1/s1. The molecule has 0 bridgehead atoms. The SMILES string of the molecule is CCC(CC)[C@H](N)CC(N)=O. The number of amides is 1. The molecule has 1 amide bonds. The van der Waals surface area contributed by atoms with E-state index in [0.717, 1.165) is 12.8 Å². The Labute approximate surface area is 68.1 Å². The summed E-state index contributed by atoms with van der Waals surface area (Å²) in [5, 5.41) is 0. The van der Waals surface area contributed by atoms with Gasteiger partial charge < -0.3 is 11.5 Å². The zero-order valence-electron chi connectivity index (χ0n) is 7.34. The highest BCUT2D eigenvalue weighted by Crippen LogP contribution is 2.13. The van der Waals surface area contributed by atoms with Crippen molar-refractivity contribution in [2.45, 2.75) is 39.2 Å². The fraction of sp³-hybridized carbons (Fsp3) is 0.875. The molecule has 0 aliphatic carbocycles. The van der Waals surface area contributed by atoms with E-state index in [0.29, 0.717) is 12.3 Å². The van der Waals surface area contributed by atoms with E-state index in [-0.39, 0.29) is 11.9 Å². The van der Waals surface area contributed by atoms with Crippen LogP contribution in [-0.4, -0.2) is 11.9 Å². The fourth-order valence-electron chi connectivity index (χ4n) is 1.29. The summed E-state index contributed by atoms with van der Waals surface area (Å²) in [6, 6.07) is -0.0532. The summed E-state index contributed by atoms with van der Waals surface area (Å²) in [5.41, 5.74) is 10.8. The van der Waals surface area contributed by atoms with Crippen molar-refractivity contribution in [3.8, 4) is 0 Å². The minimum Gasteiger partial charge on any atom is -0.370 e. The molecule has 0 fully saturated rings. The number of hydrogen-bond acceptors (Lipinski definition) is 2. The first-order valence-electron chi connectivity index (χ1n) is 4.15. The third-order valence-electron chi connectivity index (χ3n) is 2.09. The van der Waals surface area contributed by atoms with E-state index in [1.807, 2.05) is 0 Å². The second-order valence-electron chi connectivity index (χ2n) is 2.91. The van der Waals surface area contributed by atoms with E-state index in [9.17, 15) is 4.79 Å². The van der Waals surface area contributed by atoms with Gasteiger partial charge in [-0.25, -0.2) is 0 Å². The molecule has 0 aromatic carbocycles. The molecule has 3 nitrogen and oxygen atoms in total. The molecule has 0 aliphatic heterocycles. The summed E-state index contributed by atoms with van der Waals surface area (Å²) in [5.74, 6) is 0.131. The van der Waals surface area contributed by atoms with Gasteiger partial charge >= 0.3 is 0 Å². The van der Waals surface area contributed by atoms with E-state index in [1.54, 1.807) is 0 Å². The Hall–Kier alpha value is -0.570. The molecule has 0 unspecified atom stereocenters. The highest BCUT2D eigenvalue weighted by Gasteiger charge is 2.15. The lowest BCUT2D eigenvalue weighted by Gasteiger charge is -2.19. The predicted molar refractivity (Wildman–Crippen MR) is 45.9 cm³/mol. The lowest BCUT2D eigenvalue weighted by atomic mass is 9.92. The van der Waals surface area contributed by atoms with Crippen molar-refractivity contribution in [2.75, 3.05) is 0 Å². The zero-order chi connectivity index (χ0) is 8.85. The van der Waals surface area contributed by atoms with Gasteiger partial charge in [0.1, 0.15) is 0 Å². The molecule has 0 aliphatic rings. The second kappa shape index (κ2) is 5.13. The van der Waals surface area contributed by atoms with Crippen LogP contribution in [0.25, 0.3) is 0 Å². The van der Waals surface area contributed by atoms with Crippen LogP contribution in [0.3, 0.4) is 0 Å². The molecule has 0 saturated heterocycles. The smallest absolute Gasteiger partial charge is 0.218 e. The molecular formula is C8H18N2O. The molecule has 11 heavy (non-hydrogen) atoms. The van der Waals surface area contributed by atoms with Gasteiger partial charge in [0.05, 0.1) is 0 Å². The predicted octanol–water partition coefficient (Wildman–Crippen LogP) is 0.625. The largest absolute Gasteiger partial charge is 0.370 e. The Balaban J connectivity index is 3.78. The van der Waals surface area contributed by atoms with Crippen molar-refractivity contribution in [1.82, 2.24) is 0 Å². The quantitative estimate of drug-likeness (QED) is 0.616. The second-order valence-corrected chi connectivity index (χ2v) is 2.91.